The maximum atomic E-state index is 11.5. The molecular formula is C12H11N5OS2. The van der Waals surface area contributed by atoms with Gasteiger partial charge in [0, 0.05) is 24.2 Å². The molecule has 0 radical (unpaired) electrons. The largest absolute Gasteiger partial charge is 0.357 e. The summed E-state index contributed by atoms with van der Waals surface area (Å²) in [6.45, 7) is 1.79. The molecule has 0 aromatic carbocycles. The average molecular weight is 305 g/mol. The van der Waals surface area contributed by atoms with Crippen molar-refractivity contribution in [2.24, 2.45) is 0 Å². The zero-order valence-corrected chi connectivity index (χ0v) is 12.4. The van der Waals surface area contributed by atoms with Crippen LogP contribution in [0.25, 0.3) is 10.2 Å². The summed E-state index contributed by atoms with van der Waals surface area (Å²) in [6.07, 6.45) is 0. The van der Waals surface area contributed by atoms with Gasteiger partial charge in [0.05, 0.1) is 0 Å². The van der Waals surface area contributed by atoms with E-state index in [0.29, 0.717) is 16.8 Å². The van der Waals surface area contributed by atoms with Crippen molar-refractivity contribution in [3.05, 3.63) is 33.6 Å². The van der Waals surface area contributed by atoms with Crippen LogP contribution < -0.4 is 10.9 Å². The molecule has 0 aliphatic heterocycles. The molecule has 102 valence electrons. The van der Waals surface area contributed by atoms with E-state index in [1.54, 1.807) is 25.3 Å². The zero-order chi connectivity index (χ0) is 14.1. The van der Waals surface area contributed by atoms with Crippen molar-refractivity contribution < 1.29 is 0 Å². The van der Waals surface area contributed by atoms with E-state index >= 15 is 0 Å². The van der Waals surface area contributed by atoms with Crippen molar-refractivity contribution in [2.45, 2.75) is 17.1 Å². The minimum Gasteiger partial charge on any atom is -0.357 e. The van der Waals surface area contributed by atoms with Crippen molar-refractivity contribution >= 4 is 39.3 Å². The lowest BCUT2D eigenvalue weighted by Crippen LogP contribution is -2.08. The van der Waals surface area contributed by atoms with Gasteiger partial charge in [-0.15, -0.1) is 11.3 Å². The smallest absolute Gasteiger partial charge is 0.251 e. The molecule has 6 nitrogen and oxygen atoms in total. The Morgan fingerprint density at radius 2 is 2.20 bits per heavy atom. The van der Waals surface area contributed by atoms with Crippen LogP contribution in [0.3, 0.4) is 0 Å². The fourth-order valence-corrected chi connectivity index (χ4v) is 3.47. The first-order chi connectivity index (χ1) is 9.65. The van der Waals surface area contributed by atoms with Gasteiger partial charge < -0.3 is 10.3 Å². The summed E-state index contributed by atoms with van der Waals surface area (Å²) < 4.78 is 0. The molecule has 0 atom stereocenters. The van der Waals surface area contributed by atoms with Crippen LogP contribution in [-0.4, -0.2) is 27.0 Å². The number of rotatable bonds is 3. The lowest BCUT2D eigenvalue weighted by atomic mass is 10.4. The summed E-state index contributed by atoms with van der Waals surface area (Å²) in [5.74, 6) is 0.553. The Bertz CT molecular complexity index is 826. The molecule has 0 aliphatic carbocycles. The van der Waals surface area contributed by atoms with E-state index in [-0.39, 0.29) is 5.56 Å². The molecule has 2 N–H and O–H groups in total. The van der Waals surface area contributed by atoms with Gasteiger partial charge in [-0.2, -0.15) is 0 Å². The number of aromatic nitrogens is 4. The number of anilines is 1. The van der Waals surface area contributed by atoms with E-state index in [2.05, 4.69) is 25.3 Å². The summed E-state index contributed by atoms with van der Waals surface area (Å²) in [5, 5.41) is 7.17. The quantitative estimate of drug-likeness (QED) is 0.570. The molecule has 0 fully saturated rings. The molecule has 0 spiro atoms. The Morgan fingerprint density at radius 3 is 2.95 bits per heavy atom. The highest BCUT2D eigenvalue weighted by Crippen LogP contribution is 2.32. The molecule has 20 heavy (non-hydrogen) atoms. The van der Waals surface area contributed by atoms with Crippen molar-refractivity contribution in [3.8, 4) is 0 Å². The molecule has 0 unspecified atom stereocenters. The molecule has 3 rings (SSSR count). The molecule has 8 heteroatoms. The summed E-state index contributed by atoms with van der Waals surface area (Å²) in [5.41, 5.74) is 0.519. The van der Waals surface area contributed by atoms with Crippen LogP contribution in [0.15, 0.2) is 32.5 Å². The van der Waals surface area contributed by atoms with E-state index in [1.807, 2.05) is 11.4 Å². The predicted octanol–water partition coefficient (Wildman–Crippen LogP) is 2.28. The highest BCUT2D eigenvalue weighted by molar-refractivity contribution is 7.99. The Hall–Kier alpha value is -1.93. The van der Waals surface area contributed by atoms with Crippen molar-refractivity contribution in [1.29, 1.82) is 0 Å². The van der Waals surface area contributed by atoms with Crippen molar-refractivity contribution in [1.82, 2.24) is 19.9 Å². The summed E-state index contributed by atoms with van der Waals surface area (Å²) in [6, 6.07) is 3.43. The minimum atomic E-state index is -0.163. The Labute approximate surface area is 122 Å². The van der Waals surface area contributed by atoms with Gasteiger partial charge in [0.1, 0.15) is 9.86 Å². The number of aromatic amines is 1. The van der Waals surface area contributed by atoms with Gasteiger partial charge in [-0.25, -0.2) is 15.0 Å². The zero-order valence-electron chi connectivity index (χ0n) is 10.8. The monoisotopic (exact) mass is 305 g/mol. The number of hydrogen-bond donors (Lipinski definition) is 2. The van der Waals surface area contributed by atoms with E-state index in [0.717, 1.165) is 15.2 Å². The van der Waals surface area contributed by atoms with Crippen LogP contribution >= 0.6 is 23.1 Å². The van der Waals surface area contributed by atoms with Crippen LogP contribution in [-0.2, 0) is 0 Å². The fourth-order valence-electron chi connectivity index (χ4n) is 1.71. The van der Waals surface area contributed by atoms with Gasteiger partial charge in [0.25, 0.3) is 5.56 Å². The van der Waals surface area contributed by atoms with Gasteiger partial charge >= 0.3 is 0 Å². The molecular weight excluding hydrogens is 294 g/mol. The maximum absolute atomic E-state index is 11.5. The van der Waals surface area contributed by atoms with Crippen LogP contribution in [0.4, 0.5) is 5.95 Å². The second-order valence-electron chi connectivity index (χ2n) is 4.04. The normalized spacial score (nSPS) is 10.9. The van der Waals surface area contributed by atoms with Crippen molar-refractivity contribution in [3.63, 3.8) is 0 Å². The van der Waals surface area contributed by atoms with Gasteiger partial charge in [0.15, 0.2) is 5.16 Å². The highest BCUT2D eigenvalue weighted by Gasteiger charge is 2.11. The summed E-state index contributed by atoms with van der Waals surface area (Å²) in [4.78, 5) is 28.2. The second-order valence-corrected chi connectivity index (χ2v) is 5.91. The molecule has 0 saturated carbocycles. The lowest BCUT2D eigenvalue weighted by Gasteiger charge is -2.05. The van der Waals surface area contributed by atoms with Gasteiger partial charge in [0.2, 0.25) is 5.95 Å². The van der Waals surface area contributed by atoms with Gasteiger partial charge in [-0.05, 0) is 30.1 Å². The van der Waals surface area contributed by atoms with E-state index in [9.17, 15) is 4.79 Å². The first-order valence-electron chi connectivity index (χ1n) is 5.84. The van der Waals surface area contributed by atoms with E-state index in [4.69, 9.17) is 0 Å². The Morgan fingerprint density at radius 1 is 1.35 bits per heavy atom. The Balaban J connectivity index is 2.09. The number of nitrogens with zero attached hydrogens (tertiary/aromatic N) is 3. The SMILES string of the molecule is CNc1nc(Sc2nc(C)cc(=O)[nH]2)c2ccsc2n1. The fraction of sp³-hybridized carbons (Fsp3) is 0.167. The first kappa shape index (κ1) is 13.1. The van der Waals surface area contributed by atoms with Crippen LogP contribution in [0, 0.1) is 6.92 Å². The van der Waals surface area contributed by atoms with Crippen molar-refractivity contribution in [2.75, 3.05) is 12.4 Å². The number of aryl methyl sites for hydroxylation is 1. The van der Waals surface area contributed by atoms with Crippen LogP contribution in [0.1, 0.15) is 5.69 Å². The molecule has 0 bridgehead atoms. The molecule has 0 amide bonds. The van der Waals surface area contributed by atoms with E-state index in [1.165, 1.54) is 17.8 Å². The number of thiophene rings is 1. The number of hydrogen-bond acceptors (Lipinski definition) is 7. The first-order valence-corrected chi connectivity index (χ1v) is 7.54. The Kier molecular flexibility index (Phi) is 3.41. The van der Waals surface area contributed by atoms with E-state index < -0.39 is 0 Å². The highest BCUT2D eigenvalue weighted by atomic mass is 32.2. The van der Waals surface area contributed by atoms with Crippen LogP contribution in [0.5, 0.6) is 0 Å². The van der Waals surface area contributed by atoms with Gasteiger partial charge in [-0.1, -0.05) is 0 Å². The number of fused-ring (bicyclic) bond motifs is 1. The van der Waals surface area contributed by atoms with Gasteiger partial charge in [-0.3, -0.25) is 4.79 Å². The molecule has 0 saturated heterocycles. The molecule has 3 aromatic heterocycles. The predicted molar refractivity (Wildman–Crippen MR) is 80.7 cm³/mol. The topological polar surface area (TPSA) is 83.6 Å². The summed E-state index contributed by atoms with van der Waals surface area (Å²) >= 11 is 2.88. The third-order valence-corrected chi connectivity index (χ3v) is 4.25. The maximum Gasteiger partial charge on any atom is 0.251 e. The molecule has 0 aliphatic rings. The van der Waals surface area contributed by atoms with Crippen LogP contribution in [0.2, 0.25) is 0 Å². The standard InChI is InChI=1S/C12H11N5OS2/c1-6-5-8(18)15-12(14-6)20-10-7-3-4-19-9(7)16-11(13-2)17-10/h3-5H,1-2H3,(H,13,16,17)(H,14,15,18). The number of H-pyrrole nitrogens is 1. The average Bonchev–Trinajstić information content (AvgIpc) is 2.85. The third kappa shape index (κ3) is 2.52. The third-order valence-electron chi connectivity index (χ3n) is 2.56. The number of nitrogens with one attached hydrogen (secondary N) is 2. The minimum absolute atomic E-state index is 0.163. The molecule has 3 aromatic rings. The lowest BCUT2D eigenvalue weighted by molar-refractivity contribution is 0.902. The second kappa shape index (κ2) is 5.22. The molecule has 3 heterocycles. The summed E-state index contributed by atoms with van der Waals surface area (Å²) in [7, 11) is 1.77.